The maximum Gasteiger partial charge on any atom is 0.323 e. The molecular weight excluding hydrogens is 543 g/mol. The number of amides is 3. The molecule has 4 N–H and O–H groups in total. The van der Waals surface area contributed by atoms with E-state index in [4.69, 9.17) is 11.6 Å². The molecule has 0 saturated carbocycles. The largest absolute Gasteiger partial charge is 0.480 e. The summed E-state index contributed by atoms with van der Waals surface area (Å²) in [6, 6.07) is 4.75. The summed E-state index contributed by atoms with van der Waals surface area (Å²) in [5.41, 5.74) is 1.79. The number of carboxylic acid groups (broad SMARTS) is 1. The Labute approximate surface area is 226 Å². The Balaban J connectivity index is 0.00000320. The quantitative estimate of drug-likeness (QED) is 0.353. The first-order valence-corrected chi connectivity index (χ1v) is 12.4. The van der Waals surface area contributed by atoms with E-state index in [0.29, 0.717) is 17.1 Å². The van der Waals surface area contributed by atoms with Gasteiger partial charge in [-0.2, -0.15) is 0 Å². The number of fused-ring (bicyclic) bond motifs is 2. The van der Waals surface area contributed by atoms with Crippen LogP contribution in [0.5, 0.6) is 0 Å². The zero-order valence-electron chi connectivity index (χ0n) is 19.6. The molecule has 2 unspecified atom stereocenters. The Kier molecular flexibility index (Phi) is 7.74. The Morgan fingerprint density at radius 3 is 2.78 bits per heavy atom. The zero-order chi connectivity index (χ0) is 25.6. The number of carboxylic acids is 1. The summed E-state index contributed by atoms with van der Waals surface area (Å²) < 4.78 is 0. The minimum absolute atomic E-state index is 0. The normalized spacial score (nSPS) is 19.4. The highest BCUT2D eigenvalue weighted by Gasteiger charge is 2.43. The predicted octanol–water partition coefficient (Wildman–Crippen LogP) is 1.51. The van der Waals surface area contributed by atoms with Gasteiger partial charge in [0.05, 0.1) is 11.7 Å². The molecule has 2 atom stereocenters. The van der Waals surface area contributed by atoms with Gasteiger partial charge < -0.3 is 30.5 Å². The number of nitrogens with zero attached hydrogens (tertiary/aromatic N) is 3. The molecule has 0 radical (unpaired) electrons. The van der Waals surface area contributed by atoms with Gasteiger partial charge in [-0.1, -0.05) is 11.6 Å². The van der Waals surface area contributed by atoms with Crippen LogP contribution in [0.2, 0.25) is 5.02 Å². The van der Waals surface area contributed by atoms with Crippen molar-refractivity contribution >= 4 is 69.9 Å². The number of aliphatic carboxylic acids is 1. The van der Waals surface area contributed by atoms with Crippen molar-refractivity contribution in [3.63, 3.8) is 0 Å². The molecule has 0 bridgehead atoms. The minimum atomic E-state index is -1.19. The van der Waals surface area contributed by atoms with Gasteiger partial charge in [-0.25, -0.2) is 4.98 Å². The van der Waals surface area contributed by atoms with Crippen molar-refractivity contribution in [1.82, 2.24) is 30.4 Å². The monoisotopic (exact) mass is 566 g/mol. The van der Waals surface area contributed by atoms with Crippen LogP contribution < -0.4 is 10.6 Å². The van der Waals surface area contributed by atoms with E-state index < -0.39 is 42.3 Å². The predicted molar refractivity (Wildman–Crippen MR) is 139 cm³/mol. The number of likely N-dealkylation sites (N-methyl/N-ethyl adjacent to an activating group) is 1. The highest BCUT2D eigenvalue weighted by Crippen LogP contribution is 2.25. The van der Waals surface area contributed by atoms with Crippen LogP contribution in [0.3, 0.4) is 0 Å². The van der Waals surface area contributed by atoms with Crippen molar-refractivity contribution in [2.45, 2.75) is 25.0 Å². The van der Waals surface area contributed by atoms with Crippen molar-refractivity contribution in [2.24, 2.45) is 0 Å². The first-order chi connectivity index (χ1) is 17.2. The van der Waals surface area contributed by atoms with Crippen molar-refractivity contribution < 1.29 is 24.3 Å². The van der Waals surface area contributed by atoms with Crippen LogP contribution in [0, 0.1) is 0 Å². The Bertz CT molecular complexity index is 1390. The smallest absolute Gasteiger partial charge is 0.323 e. The summed E-state index contributed by atoms with van der Waals surface area (Å²) in [4.78, 5) is 62.0. The lowest BCUT2D eigenvalue weighted by Gasteiger charge is -2.20. The van der Waals surface area contributed by atoms with Gasteiger partial charge in [0.1, 0.15) is 18.3 Å². The number of benzene rings is 1. The summed E-state index contributed by atoms with van der Waals surface area (Å²) >= 11 is 7.32. The lowest BCUT2D eigenvalue weighted by atomic mass is 10.1. The molecule has 1 saturated heterocycles. The number of hydrogen-bond donors (Lipinski definition) is 4. The molecule has 1 fully saturated rings. The maximum absolute atomic E-state index is 13.0. The first-order valence-electron chi connectivity index (χ1n) is 11.3. The van der Waals surface area contributed by atoms with Crippen LogP contribution in [-0.2, 0) is 22.6 Å². The number of aromatic nitrogens is 2. The number of aromatic amines is 1. The number of hydrogen-bond acceptors (Lipinski definition) is 7. The number of carbonyl (C=O) groups is 4. The number of H-pyrrole nitrogens is 1. The van der Waals surface area contributed by atoms with Crippen molar-refractivity contribution in [2.75, 3.05) is 26.7 Å². The van der Waals surface area contributed by atoms with Gasteiger partial charge in [0.25, 0.3) is 11.8 Å². The Morgan fingerprint density at radius 1 is 1.24 bits per heavy atom. The van der Waals surface area contributed by atoms with Crippen LogP contribution in [0.4, 0.5) is 0 Å². The van der Waals surface area contributed by atoms with E-state index in [1.165, 1.54) is 11.3 Å². The third-order valence-corrected chi connectivity index (χ3v) is 7.59. The average Bonchev–Trinajstić information content (AvgIpc) is 3.50. The van der Waals surface area contributed by atoms with Crippen LogP contribution in [0.1, 0.15) is 30.9 Å². The zero-order valence-corrected chi connectivity index (χ0v) is 22.0. The van der Waals surface area contributed by atoms with E-state index in [0.717, 1.165) is 33.8 Å². The second-order valence-electron chi connectivity index (χ2n) is 8.93. The number of rotatable bonds is 6. The Hall–Kier alpha value is -3.19. The lowest BCUT2D eigenvalue weighted by Crippen LogP contribution is -2.52. The molecule has 5 rings (SSSR count). The Morgan fingerprint density at radius 2 is 2.03 bits per heavy atom. The van der Waals surface area contributed by atoms with Crippen LogP contribution >= 0.6 is 35.3 Å². The molecule has 3 amide bonds. The highest BCUT2D eigenvalue weighted by atomic mass is 35.5. The molecule has 37 heavy (non-hydrogen) atoms. The number of thiazole rings is 1. The molecule has 2 aliphatic rings. The lowest BCUT2D eigenvalue weighted by molar-refractivity contribution is -0.143. The van der Waals surface area contributed by atoms with Crippen LogP contribution in [0.25, 0.3) is 10.9 Å². The van der Waals surface area contributed by atoms with Gasteiger partial charge in [0, 0.05) is 46.9 Å². The molecule has 1 aromatic carbocycles. The molecule has 14 heteroatoms. The van der Waals surface area contributed by atoms with E-state index in [2.05, 4.69) is 25.5 Å². The van der Waals surface area contributed by atoms with Crippen LogP contribution in [-0.4, -0.2) is 87.3 Å². The summed E-state index contributed by atoms with van der Waals surface area (Å²) in [6.07, 6.45) is 0.748. The molecular formula is C23H24Cl2N6O5S. The van der Waals surface area contributed by atoms with Crippen molar-refractivity contribution in [3.05, 3.63) is 50.6 Å². The average molecular weight is 567 g/mol. The molecule has 2 aliphatic heterocycles. The number of halogens is 2. The second-order valence-corrected chi connectivity index (χ2v) is 10.5. The topological polar surface area (TPSA) is 148 Å². The minimum Gasteiger partial charge on any atom is -0.480 e. The van der Waals surface area contributed by atoms with Crippen molar-refractivity contribution in [3.8, 4) is 0 Å². The van der Waals surface area contributed by atoms with Gasteiger partial charge in [0.2, 0.25) is 5.91 Å². The molecule has 3 aromatic rings. The van der Waals surface area contributed by atoms with Gasteiger partial charge in [-0.3, -0.25) is 19.2 Å². The molecule has 0 spiro atoms. The second kappa shape index (κ2) is 10.7. The van der Waals surface area contributed by atoms with E-state index in [-0.39, 0.29) is 29.7 Å². The third kappa shape index (κ3) is 5.57. The van der Waals surface area contributed by atoms with E-state index in [1.807, 2.05) is 7.05 Å². The molecule has 11 nitrogen and oxygen atoms in total. The van der Waals surface area contributed by atoms with Gasteiger partial charge in [-0.05, 0) is 31.3 Å². The fourth-order valence-corrected chi connectivity index (χ4v) is 5.77. The maximum atomic E-state index is 13.0. The van der Waals surface area contributed by atoms with Gasteiger partial charge in [-0.15, -0.1) is 23.7 Å². The first kappa shape index (κ1) is 26.9. The van der Waals surface area contributed by atoms with E-state index in [1.54, 1.807) is 24.3 Å². The van der Waals surface area contributed by atoms with Crippen LogP contribution in [0.15, 0.2) is 24.3 Å². The summed E-state index contributed by atoms with van der Waals surface area (Å²) in [7, 11) is 2.00. The van der Waals surface area contributed by atoms with Gasteiger partial charge in [0.15, 0.2) is 5.01 Å². The van der Waals surface area contributed by atoms with E-state index in [9.17, 15) is 24.3 Å². The fraction of sp³-hybridized carbons (Fsp3) is 0.348. The fourth-order valence-electron chi connectivity index (χ4n) is 4.49. The molecule has 196 valence electrons. The third-order valence-electron chi connectivity index (χ3n) is 6.27. The summed E-state index contributed by atoms with van der Waals surface area (Å²) in [6.45, 7) is 0.967. The summed E-state index contributed by atoms with van der Waals surface area (Å²) in [5.74, 6) is -2.81. The standard InChI is InChI=1S/C23H23ClN6O5S.ClH/c1-29-5-4-14-17(9-29)36-22(27-14)21(34)26-16-8-30(10-18(31)32)23(35)19(16)28-20(33)15-7-11-6-12(24)2-3-13(11)25-15;/h2-3,6-7,16,19,25H,4-5,8-10H2,1H3,(H,26,34)(H,28,33)(H,31,32);1H. The number of carbonyl (C=O) groups excluding carboxylic acids is 3. The number of nitrogens with one attached hydrogen (secondary N) is 3. The highest BCUT2D eigenvalue weighted by molar-refractivity contribution is 7.13. The molecule has 2 aromatic heterocycles. The SMILES string of the molecule is CN1CCc2nc(C(=O)NC3CN(CC(=O)O)C(=O)C3NC(=O)c3cc4cc(Cl)ccc4[nH]3)sc2C1.Cl. The van der Waals surface area contributed by atoms with Crippen molar-refractivity contribution in [1.29, 1.82) is 0 Å². The number of likely N-dealkylation sites (tertiary alicyclic amines) is 1. The molecule has 4 heterocycles. The van der Waals surface area contributed by atoms with E-state index >= 15 is 0 Å². The van der Waals surface area contributed by atoms with Gasteiger partial charge >= 0.3 is 5.97 Å². The molecule has 0 aliphatic carbocycles. The summed E-state index contributed by atoms with van der Waals surface area (Å²) in [5, 5.41) is 16.2.